The van der Waals surface area contributed by atoms with E-state index >= 15 is 0 Å². The van der Waals surface area contributed by atoms with Crippen molar-refractivity contribution < 1.29 is 19.8 Å². The Kier molecular flexibility index (Phi) is 5.60. The summed E-state index contributed by atoms with van der Waals surface area (Å²) in [6.07, 6.45) is 3.66. The first-order chi connectivity index (χ1) is 12.9. The van der Waals surface area contributed by atoms with Gasteiger partial charge in [0.15, 0.2) is 6.04 Å². The summed E-state index contributed by atoms with van der Waals surface area (Å²) in [7, 11) is 1.95. The van der Waals surface area contributed by atoms with Gasteiger partial charge in [0.05, 0.1) is 6.54 Å². The van der Waals surface area contributed by atoms with Gasteiger partial charge in [0.1, 0.15) is 11.6 Å². The van der Waals surface area contributed by atoms with Crippen LogP contribution in [0.1, 0.15) is 17.4 Å². The number of amides is 2. The number of aliphatic carboxylic acids is 1. The van der Waals surface area contributed by atoms with Crippen LogP contribution in [0.2, 0.25) is 0 Å². The first kappa shape index (κ1) is 18.7. The van der Waals surface area contributed by atoms with Gasteiger partial charge in [-0.3, -0.25) is 4.90 Å². The van der Waals surface area contributed by atoms with Crippen molar-refractivity contribution in [2.75, 3.05) is 26.2 Å². The highest BCUT2D eigenvalue weighted by atomic mass is 16.4. The molecule has 1 aromatic carbocycles. The van der Waals surface area contributed by atoms with Crippen LogP contribution < -0.4 is 5.32 Å². The molecule has 3 N–H and O–H groups in total. The molecule has 2 heterocycles. The van der Waals surface area contributed by atoms with Gasteiger partial charge in [-0.2, -0.15) is 0 Å². The van der Waals surface area contributed by atoms with Gasteiger partial charge in [0.2, 0.25) is 0 Å². The van der Waals surface area contributed by atoms with Gasteiger partial charge in [-0.15, -0.1) is 0 Å². The van der Waals surface area contributed by atoms with E-state index in [1.165, 1.54) is 24.3 Å². The SMILES string of the molecule is Cn1ccnc1CN1CCN(C(=O)N[C@@H](C(=O)O)c2ccc(O)cc2)CC1. The topological polar surface area (TPSA) is 111 Å². The number of aromatic nitrogens is 2. The van der Waals surface area contributed by atoms with Crippen molar-refractivity contribution in [1.29, 1.82) is 0 Å². The molecule has 9 nitrogen and oxygen atoms in total. The summed E-state index contributed by atoms with van der Waals surface area (Å²) >= 11 is 0. The fraction of sp³-hybridized carbons (Fsp3) is 0.389. The molecular formula is C18H23N5O4. The highest BCUT2D eigenvalue weighted by Gasteiger charge is 2.27. The van der Waals surface area contributed by atoms with Gasteiger partial charge in [-0.1, -0.05) is 12.1 Å². The Hall–Kier alpha value is -3.07. The van der Waals surface area contributed by atoms with E-state index in [1.54, 1.807) is 11.1 Å². The number of carboxylic acid groups (broad SMARTS) is 1. The molecule has 9 heteroatoms. The number of carboxylic acids is 1. The molecule has 0 aliphatic carbocycles. The number of urea groups is 1. The molecule has 2 aromatic rings. The fourth-order valence-corrected chi connectivity index (χ4v) is 3.03. The van der Waals surface area contributed by atoms with Crippen molar-refractivity contribution in [3.8, 4) is 5.75 Å². The number of aromatic hydroxyl groups is 1. The van der Waals surface area contributed by atoms with Crippen molar-refractivity contribution in [3.63, 3.8) is 0 Å². The Morgan fingerprint density at radius 3 is 2.41 bits per heavy atom. The average molecular weight is 373 g/mol. The molecule has 0 spiro atoms. The molecule has 27 heavy (non-hydrogen) atoms. The number of carbonyl (C=O) groups excluding carboxylic acids is 1. The molecule has 0 unspecified atom stereocenters. The Balaban J connectivity index is 1.55. The molecule has 1 saturated heterocycles. The van der Waals surface area contributed by atoms with Gasteiger partial charge >= 0.3 is 12.0 Å². The summed E-state index contributed by atoms with van der Waals surface area (Å²) in [4.78, 5) is 32.2. The third kappa shape index (κ3) is 4.56. The van der Waals surface area contributed by atoms with Gasteiger partial charge in [0, 0.05) is 45.6 Å². The molecule has 144 valence electrons. The van der Waals surface area contributed by atoms with Crippen molar-refractivity contribution in [1.82, 2.24) is 24.7 Å². The molecule has 2 amide bonds. The lowest BCUT2D eigenvalue weighted by Gasteiger charge is -2.35. The van der Waals surface area contributed by atoms with Crippen LogP contribution in [0.15, 0.2) is 36.7 Å². The van der Waals surface area contributed by atoms with Gasteiger partial charge in [0.25, 0.3) is 0 Å². The van der Waals surface area contributed by atoms with E-state index in [1.807, 2.05) is 17.8 Å². The molecular weight excluding hydrogens is 350 g/mol. The Labute approximate surface area is 156 Å². The minimum atomic E-state index is -1.16. The number of rotatable bonds is 5. The van der Waals surface area contributed by atoms with E-state index in [0.29, 0.717) is 38.3 Å². The van der Waals surface area contributed by atoms with Crippen LogP contribution in [-0.2, 0) is 18.4 Å². The van der Waals surface area contributed by atoms with Crippen LogP contribution in [-0.4, -0.2) is 67.7 Å². The van der Waals surface area contributed by atoms with Gasteiger partial charge in [-0.25, -0.2) is 14.6 Å². The summed E-state index contributed by atoms with van der Waals surface area (Å²) < 4.78 is 1.97. The third-order valence-corrected chi connectivity index (χ3v) is 4.69. The van der Waals surface area contributed by atoms with E-state index in [0.717, 1.165) is 5.82 Å². The van der Waals surface area contributed by atoms with Crippen molar-refractivity contribution in [2.24, 2.45) is 7.05 Å². The highest BCUT2D eigenvalue weighted by molar-refractivity contribution is 5.83. The zero-order valence-electron chi connectivity index (χ0n) is 15.1. The van der Waals surface area contributed by atoms with Gasteiger partial charge in [-0.05, 0) is 17.7 Å². The van der Waals surface area contributed by atoms with Gasteiger partial charge < -0.3 is 25.0 Å². The van der Waals surface area contributed by atoms with Crippen molar-refractivity contribution in [3.05, 3.63) is 48.0 Å². The number of nitrogens with zero attached hydrogens (tertiary/aromatic N) is 4. The summed E-state index contributed by atoms with van der Waals surface area (Å²) in [6, 6.07) is 4.19. The lowest BCUT2D eigenvalue weighted by atomic mass is 10.1. The largest absolute Gasteiger partial charge is 0.508 e. The fourth-order valence-electron chi connectivity index (χ4n) is 3.03. The lowest BCUT2D eigenvalue weighted by Crippen LogP contribution is -2.52. The zero-order chi connectivity index (χ0) is 19.4. The second-order valence-electron chi connectivity index (χ2n) is 6.53. The Morgan fingerprint density at radius 1 is 1.19 bits per heavy atom. The van der Waals surface area contributed by atoms with E-state index in [2.05, 4.69) is 15.2 Å². The molecule has 0 radical (unpaired) electrons. The summed E-state index contributed by atoms with van der Waals surface area (Å²) in [5, 5.41) is 21.3. The van der Waals surface area contributed by atoms with E-state index in [4.69, 9.17) is 0 Å². The number of nitrogens with one attached hydrogen (secondary N) is 1. The predicted molar refractivity (Wildman–Crippen MR) is 97.1 cm³/mol. The second kappa shape index (κ2) is 8.09. The average Bonchev–Trinajstić information content (AvgIpc) is 3.05. The highest BCUT2D eigenvalue weighted by Crippen LogP contribution is 2.18. The predicted octanol–water partition coefficient (Wildman–Crippen LogP) is 0.779. The number of piperazine rings is 1. The van der Waals surface area contributed by atoms with E-state index in [-0.39, 0.29) is 5.75 Å². The standard InChI is InChI=1S/C18H23N5O4/c1-21-7-6-19-15(21)12-22-8-10-23(11-9-22)18(27)20-16(17(25)26)13-2-4-14(24)5-3-13/h2-7,16,24H,8-12H2,1H3,(H,20,27)(H,25,26)/t16-/m1/s1. The maximum Gasteiger partial charge on any atom is 0.330 e. The van der Waals surface area contributed by atoms with Crippen LogP contribution in [0.4, 0.5) is 4.79 Å². The number of aryl methyl sites for hydroxylation is 1. The quantitative estimate of drug-likeness (QED) is 0.714. The summed E-state index contributed by atoms with van der Waals surface area (Å²) in [5.74, 6) is -0.147. The number of hydrogen-bond acceptors (Lipinski definition) is 5. The minimum Gasteiger partial charge on any atom is -0.508 e. The lowest BCUT2D eigenvalue weighted by molar-refractivity contribution is -0.139. The monoisotopic (exact) mass is 373 g/mol. The molecule has 0 saturated carbocycles. The molecule has 1 atom stereocenters. The van der Waals surface area contributed by atoms with Crippen LogP contribution in [0.25, 0.3) is 0 Å². The number of phenolic OH excluding ortho intramolecular Hbond substituents is 1. The van der Waals surface area contributed by atoms with Crippen LogP contribution in [0.5, 0.6) is 5.75 Å². The number of carbonyl (C=O) groups is 2. The van der Waals surface area contributed by atoms with Crippen molar-refractivity contribution in [2.45, 2.75) is 12.6 Å². The molecule has 1 aromatic heterocycles. The molecule has 0 bridgehead atoms. The molecule has 1 aliphatic heterocycles. The smallest absolute Gasteiger partial charge is 0.330 e. The number of imidazole rings is 1. The molecule has 1 aliphatic rings. The van der Waals surface area contributed by atoms with Crippen LogP contribution >= 0.6 is 0 Å². The first-order valence-corrected chi connectivity index (χ1v) is 8.70. The van der Waals surface area contributed by atoms with E-state index < -0.39 is 18.0 Å². The second-order valence-corrected chi connectivity index (χ2v) is 6.53. The summed E-state index contributed by atoms with van der Waals surface area (Å²) in [6.45, 7) is 3.12. The number of hydrogen-bond donors (Lipinski definition) is 3. The molecule has 1 fully saturated rings. The van der Waals surface area contributed by atoms with Crippen molar-refractivity contribution >= 4 is 12.0 Å². The van der Waals surface area contributed by atoms with Crippen LogP contribution in [0.3, 0.4) is 0 Å². The van der Waals surface area contributed by atoms with E-state index in [9.17, 15) is 19.8 Å². The number of phenols is 1. The molecule has 3 rings (SSSR count). The summed E-state index contributed by atoms with van der Waals surface area (Å²) in [5.41, 5.74) is 0.405. The Morgan fingerprint density at radius 2 is 1.85 bits per heavy atom. The number of benzene rings is 1. The Bertz CT molecular complexity index is 796. The normalized spacial score (nSPS) is 16.1. The van der Waals surface area contributed by atoms with Crippen LogP contribution in [0, 0.1) is 0 Å². The first-order valence-electron chi connectivity index (χ1n) is 8.70. The third-order valence-electron chi connectivity index (χ3n) is 4.69. The minimum absolute atomic E-state index is 0.0399. The maximum absolute atomic E-state index is 12.5. The maximum atomic E-state index is 12.5. The zero-order valence-corrected chi connectivity index (χ0v) is 15.1.